The predicted molar refractivity (Wildman–Crippen MR) is 59.9 cm³/mol. The molecule has 1 unspecified atom stereocenters. The molecule has 0 rings (SSSR count). The van der Waals surface area contributed by atoms with Crippen molar-refractivity contribution in [3.63, 3.8) is 0 Å². The van der Waals surface area contributed by atoms with E-state index in [1.165, 1.54) is 0 Å². The predicted octanol–water partition coefficient (Wildman–Crippen LogP) is -0.741. The molecule has 0 aliphatic carbocycles. The molecule has 16 heavy (non-hydrogen) atoms. The third kappa shape index (κ3) is 9.85. The van der Waals surface area contributed by atoms with Crippen LogP contribution < -0.4 is 11.5 Å². The van der Waals surface area contributed by atoms with Gasteiger partial charge in [-0.25, -0.2) is 0 Å². The van der Waals surface area contributed by atoms with Crippen LogP contribution in [0.4, 0.5) is 0 Å². The standard InChI is InChI=1S/C10H22N2O4/c1-14-7-8-16-5-2-4-15-6-3-9(11)10(12)13/h9H,2-8,11H2,1H3,(H2,12,13). The molecule has 1 atom stereocenters. The van der Waals surface area contributed by atoms with Crippen molar-refractivity contribution in [3.8, 4) is 0 Å². The molecule has 0 aliphatic heterocycles. The summed E-state index contributed by atoms with van der Waals surface area (Å²) in [4.78, 5) is 10.6. The lowest BCUT2D eigenvalue weighted by Gasteiger charge is -2.08. The highest BCUT2D eigenvalue weighted by Gasteiger charge is 2.07. The maximum atomic E-state index is 10.6. The topological polar surface area (TPSA) is 96.8 Å². The summed E-state index contributed by atoms with van der Waals surface area (Å²) in [6.45, 7) is 2.89. The maximum Gasteiger partial charge on any atom is 0.234 e. The quantitative estimate of drug-likeness (QED) is 0.459. The number of amides is 1. The van der Waals surface area contributed by atoms with Crippen molar-refractivity contribution in [1.29, 1.82) is 0 Å². The average Bonchev–Trinajstić information content (AvgIpc) is 2.26. The van der Waals surface area contributed by atoms with Crippen LogP contribution in [0.25, 0.3) is 0 Å². The second kappa shape index (κ2) is 10.8. The highest BCUT2D eigenvalue weighted by Crippen LogP contribution is 1.91. The Morgan fingerprint density at radius 3 is 2.31 bits per heavy atom. The maximum absolute atomic E-state index is 10.6. The number of nitrogens with two attached hydrogens (primary N) is 2. The molecule has 4 N–H and O–H groups in total. The van der Waals surface area contributed by atoms with Gasteiger partial charge in [0.15, 0.2) is 0 Å². The summed E-state index contributed by atoms with van der Waals surface area (Å²) in [7, 11) is 1.63. The van der Waals surface area contributed by atoms with Crippen molar-refractivity contribution in [2.24, 2.45) is 11.5 Å². The number of carbonyl (C=O) groups is 1. The fraction of sp³-hybridized carbons (Fsp3) is 0.900. The van der Waals surface area contributed by atoms with Crippen molar-refractivity contribution in [2.75, 3.05) is 40.1 Å². The molecule has 0 radical (unpaired) electrons. The van der Waals surface area contributed by atoms with Gasteiger partial charge < -0.3 is 25.7 Å². The van der Waals surface area contributed by atoms with Gasteiger partial charge in [-0.1, -0.05) is 0 Å². The molecule has 0 heterocycles. The van der Waals surface area contributed by atoms with Crippen LogP contribution in [0.1, 0.15) is 12.8 Å². The van der Waals surface area contributed by atoms with Gasteiger partial charge in [0.2, 0.25) is 5.91 Å². The van der Waals surface area contributed by atoms with Gasteiger partial charge in [-0.3, -0.25) is 4.79 Å². The lowest BCUT2D eigenvalue weighted by molar-refractivity contribution is -0.119. The Kier molecular flexibility index (Phi) is 10.3. The number of hydrogen-bond donors (Lipinski definition) is 2. The lowest BCUT2D eigenvalue weighted by Crippen LogP contribution is -2.37. The molecule has 6 heteroatoms. The van der Waals surface area contributed by atoms with Gasteiger partial charge in [0, 0.05) is 26.9 Å². The van der Waals surface area contributed by atoms with Gasteiger partial charge in [-0.15, -0.1) is 0 Å². The van der Waals surface area contributed by atoms with Gasteiger partial charge in [0.05, 0.1) is 19.3 Å². The number of methoxy groups -OCH3 is 1. The largest absolute Gasteiger partial charge is 0.382 e. The molecular weight excluding hydrogens is 212 g/mol. The van der Waals surface area contributed by atoms with E-state index in [1.807, 2.05) is 0 Å². The van der Waals surface area contributed by atoms with Crippen molar-refractivity contribution < 1.29 is 19.0 Å². The zero-order valence-electron chi connectivity index (χ0n) is 9.81. The fourth-order valence-corrected chi connectivity index (χ4v) is 0.962. The normalized spacial score (nSPS) is 12.6. The van der Waals surface area contributed by atoms with Crippen molar-refractivity contribution in [2.45, 2.75) is 18.9 Å². The molecule has 0 fully saturated rings. The molecule has 0 aromatic rings. The molecule has 0 aromatic heterocycles. The SMILES string of the molecule is COCCOCCCOCCC(N)C(N)=O. The van der Waals surface area contributed by atoms with E-state index in [1.54, 1.807) is 7.11 Å². The average molecular weight is 234 g/mol. The Bertz CT molecular complexity index is 178. The van der Waals surface area contributed by atoms with Crippen LogP contribution in [0.15, 0.2) is 0 Å². The summed E-state index contributed by atoms with van der Waals surface area (Å²) >= 11 is 0. The molecule has 6 nitrogen and oxygen atoms in total. The van der Waals surface area contributed by atoms with E-state index in [0.717, 1.165) is 6.42 Å². The van der Waals surface area contributed by atoms with E-state index in [4.69, 9.17) is 25.7 Å². The van der Waals surface area contributed by atoms with E-state index in [0.29, 0.717) is 39.5 Å². The van der Waals surface area contributed by atoms with Crippen LogP contribution in [0.5, 0.6) is 0 Å². The summed E-state index contributed by atoms with van der Waals surface area (Å²) in [6.07, 6.45) is 1.27. The van der Waals surface area contributed by atoms with E-state index in [2.05, 4.69) is 0 Å². The van der Waals surface area contributed by atoms with Crippen molar-refractivity contribution >= 4 is 5.91 Å². The highest BCUT2D eigenvalue weighted by atomic mass is 16.5. The van der Waals surface area contributed by atoms with Gasteiger partial charge in [-0.2, -0.15) is 0 Å². The van der Waals surface area contributed by atoms with Crippen LogP contribution in [-0.4, -0.2) is 52.1 Å². The third-order valence-corrected chi connectivity index (χ3v) is 1.95. The molecule has 0 bridgehead atoms. The van der Waals surface area contributed by atoms with Crippen molar-refractivity contribution in [3.05, 3.63) is 0 Å². The number of carbonyl (C=O) groups excluding carboxylic acids is 1. The number of ether oxygens (including phenoxy) is 3. The zero-order chi connectivity index (χ0) is 12.2. The summed E-state index contributed by atoms with van der Waals surface area (Å²) in [6, 6.07) is -0.613. The second-order valence-corrected chi connectivity index (χ2v) is 3.37. The molecule has 96 valence electrons. The van der Waals surface area contributed by atoms with E-state index in [9.17, 15) is 4.79 Å². The smallest absolute Gasteiger partial charge is 0.234 e. The Morgan fingerprint density at radius 1 is 1.12 bits per heavy atom. The first-order chi connectivity index (χ1) is 7.68. The van der Waals surface area contributed by atoms with Gasteiger partial charge in [-0.05, 0) is 12.8 Å². The minimum absolute atomic E-state index is 0.447. The first-order valence-electron chi connectivity index (χ1n) is 5.37. The molecule has 0 aliphatic rings. The summed E-state index contributed by atoms with van der Waals surface area (Å²) in [5.74, 6) is -0.494. The van der Waals surface area contributed by atoms with E-state index >= 15 is 0 Å². The number of rotatable bonds is 11. The van der Waals surface area contributed by atoms with E-state index in [-0.39, 0.29) is 0 Å². The molecule has 0 aromatic carbocycles. The first-order valence-corrected chi connectivity index (χ1v) is 5.37. The monoisotopic (exact) mass is 234 g/mol. The van der Waals surface area contributed by atoms with Crippen LogP contribution in [0.2, 0.25) is 0 Å². The van der Waals surface area contributed by atoms with Crippen LogP contribution in [0.3, 0.4) is 0 Å². The van der Waals surface area contributed by atoms with Gasteiger partial charge in [0.1, 0.15) is 0 Å². The summed E-state index contributed by atoms with van der Waals surface area (Å²) < 4.78 is 15.3. The third-order valence-electron chi connectivity index (χ3n) is 1.95. The van der Waals surface area contributed by atoms with Gasteiger partial charge >= 0.3 is 0 Å². The molecular formula is C10H22N2O4. The van der Waals surface area contributed by atoms with Crippen molar-refractivity contribution in [1.82, 2.24) is 0 Å². The number of hydrogen-bond acceptors (Lipinski definition) is 5. The number of primary amides is 1. The molecule has 0 saturated carbocycles. The minimum Gasteiger partial charge on any atom is -0.382 e. The Morgan fingerprint density at radius 2 is 1.75 bits per heavy atom. The van der Waals surface area contributed by atoms with E-state index < -0.39 is 11.9 Å². The summed E-state index contributed by atoms with van der Waals surface area (Å²) in [5, 5.41) is 0. The second-order valence-electron chi connectivity index (χ2n) is 3.37. The summed E-state index contributed by atoms with van der Waals surface area (Å²) in [5.41, 5.74) is 10.4. The lowest BCUT2D eigenvalue weighted by atomic mass is 10.2. The van der Waals surface area contributed by atoms with Crippen LogP contribution >= 0.6 is 0 Å². The molecule has 0 saturated heterocycles. The van der Waals surface area contributed by atoms with Crippen LogP contribution in [0, 0.1) is 0 Å². The molecule has 1 amide bonds. The zero-order valence-corrected chi connectivity index (χ0v) is 9.81. The Hall–Kier alpha value is -0.690. The Labute approximate surface area is 96.2 Å². The minimum atomic E-state index is -0.613. The van der Waals surface area contributed by atoms with Crippen LogP contribution in [-0.2, 0) is 19.0 Å². The fourth-order valence-electron chi connectivity index (χ4n) is 0.962. The first kappa shape index (κ1) is 15.3. The Balaban J connectivity index is 3.07. The van der Waals surface area contributed by atoms with Gasteiger partial charge in [0.25, 0.3) is 0 Å². The molecule has 0 spiro atoms. The highest BCUT2D eigenvalue weighted by molar-refractivity contribution is 5.79.